The van der Waals surface area contributed by atoms with E-state index in [-0.39, 0.29) is 12.5 Å². The summed E-state index contributed by atoms with van der Waals surface area (Å²) in [5.74, 6) is 0.632. The number of ether oxygens (including phenoxy) is 3. The number of carbonyl (C=O) groups excluding carboxylic acids is 2. The van der Waals surface area contributed by atoms with Gasteiger partial charge in [0.1, 0.15) is 22.1 Å². The fraction of sp³-hybridized carbons (Fsp3) is 0.167. The highest BCUT2D eigenvalue weighted by Crippen LogP contribution is 2.37. The maximum absolute atomic E-state index is 12.6. The van der Waals surface area contributed by atoms with E-state index in [0.717, 1.165) is 16.9 Å². The molecule has 0 fully saturated rings. The number of carbonyl (C=O) groups is 2. The van der Waals surface area contributed by atoms with Gasteiger partial charge in [0.05, 0.1) is 20.8 Å². The van der Waals surface area contributed by atoms with Crippen molar-refractivity contribution >= 4 is 34.3 Å². The van der Waals surface area contributed by atoms with Gasteiger partial charge in [-0.15, -0.1) is 11.3 Å². The van der Waals surface area contributed by atoms with Crippen molar-refractivity contribution in [1.29, 1.82) is 0 Å². The summed E-state index contributed by atoms with van der Waals surface area (Å²) in [6.07, 6.45) is 3.11. The number of esters is 1. The van der Waals surface area contributed by atoms with Crippen LogP contribution in [-0.2, 0) is 9.53 Å². The monoisotopic (exact) mass is 437 g/mol. The third kappa shape index (κ3) is 5.52. The lowest BCUT2D eigenvalue weighted by Crippen LogP contribution is -2.12. The molecular weight excluding hydrogens is 414 g/mol. The second-order valence-corrected chi connectivity index (χ2v) is 7.28. The van der Waals surface area contributed by atoms with E-state index in [1.54, 1.807) is 27.2 Å². The Hall–Kier alpha value is -3.58. The number of anilines is 1. The van der Waals surface area contributed by atoms with Crippen molar-refractivity contribution in [2.75, 3.05) is 26.1 Å². The molecule has 31 heavy (non-hydrogen) atoms. The zero-order valence-electron chi connectivity index (χ0n) is 17.5. The Balaban J connectivity index is 1.83. The number of methoxy groups -OCH3 is 2. The van der Waals surface area contributed by atoms with E-state index >= 15 is 0 Å². The minimum Gasteiger partial charge on any atom is -0.497 e. The largest absolute Gasteiger partial charge is 0.497 e. The van der Waals surface area contributed by atoms with E-state index < -0.39 is 5.97 Å². The highest BCUT2D eigenvalue weighted by Gasteiger charge is 2.22. The summed E-state index contributed by atoms with van der Waals surface area (Å²) in [6, 6.07) is 14.7. The number of hydrogen-bond acceptors (Lipinski definition) is 6. The lowest BCUT2D eigenvalue weighted by Gasteiger charge is -2.08. The van der Waals surface area contributed by atoms with Crippen LogP contribution in [0.2, 0.25) is 0 Å². The molecule has 0 atom stereocenters. The molecular formula is C24H23NO5S. The van der Waals surface area contributed by atoms with Crippen LogP contribution in [0.1, 0.15) is 22.8 Å². The van der Waals surface area contributed by atoms with E-state index in [1.165, 1.54) is 17.4 Å². The maximum atomic E-state index is 12.6. The zero-order chi connectivity index (χ0) is 22.2. The van der Waals surface area contributed by atoms with Crippen LogP contribution in [0, 0.1) is 0 Å². The first-order chi connectivity index (χ1) is 15.0. The molecule has 0 aliphatic rings. The molecule has 160 valence electrons. The number of amides is 1. The van der Waals surface area contributed by atoms with Gasteiger partial charge in [0, 0.05) is 17.0 Å². The fourth-order valence-electron chi connectivity index (χ4n) is 2.88. The predicted molar refractivity (Wildman–Crippen MR) is 123 cm³/mol. The van der Waals surface area contributed by atoms with Crippen LogP contribution in [0.15, 0.2) is 60.0 Å². The molecule has 0 unspecified atom stereocenters. The van der Waals surface area contributed by atoms with Crippen molar-refractivity contribution in [3.05, 3.63) is 71.1 Å². The molecule has 0 aliphatic carbocycles. The molecule has 1 amide bonds. The van der Waals surface area contributed by atoms with Gasteiger partial charge in [-0.2, -0.15) is 0 Å². The Morgan fingerprint density at radius 2 is 1.58 bits per heavy atom. The fourth-order valence-corrected chi connectivity index (χ4v) is 3.84. The molecule has 0 saturated carbocycles. The van der Waals surface area contributed by atoms with E-state index in [1.807, 2.05) is 53.9 Å². The van der Waals surface area contributed by atoms with Gasteiger partial charge in [0.15, 0.2) is 0 Å². The molecule has 0 saturated heterocycles. The topological polar surface area (TPSA) is 73.9 Å². The van der Waals surface area contributed by atoms with Gasteiger partial charge in [0.25, 0.3) is 0 Å². The van der Waals surface area contributed by atoms with Gasteiger partial charge in [-0.25, -0.2) is 4.79 Å². The van der Waals surface area contributed by atoms with Crippen molar-refractivity contribution in [3.63, 3.8) is 0 Å². The second-order valence-electron chi connectivity index (χ2n) is 6.40. The van der Waals surface area contributed by atoms with E-state index in [9.17, 15) is 9.59 Å². The Kier molecular flexibility index (Phi) is 7.45. The average molecular weight is 438 g/mol. The van der Waals surface area contributed by atoms with Crippen LogP contribution in [0.4, 0.5) is 5.00 Å². The normalized spacial score (nSPS) is 10.7. The van der Waals surface area contributed by atoms with E-state index in [0.29, 0.717) is 21.9 Å². The molecule has 0 aliphatic heterocycles. The van der Waals surface area contributed by atoms with Gasteiger partial charge in [0.2, 0.25) is 5.91 Å². The van der Waals surface area contributed by atoms with Crippen LogP contribution in [0.3, 0.4) is 0 Å². The van der Waals surface area contributed by atoms with Crippen LogP contribution >= 0.6 is 11.3 Å². The van der Waals surface area contributed by atoms with Crippen molar-refractivity contribution < 1.29 is 23.8 Å². The quantitative estimate of drug-likeness (QED) is 0.384. The highest BCUT2D eigenvalue weighted by molar-refractivity contribution is 7.15. The summed E-state index contributed by atoms with van der Waals surface area (Å²) >= 11 is 1.28. The Morgan fingerprint density at radius 1 is 0.968 bits per heavy atom. The van der Waals surface area contributed by atoms with Gasteiger partial charge < -0.3 is 19.5 Å². The Labute approximate surface area is 185 Å². The molecule has 6 nitrogen and oxygen atoms in total. The Bertz CT molecular complexity index is 1070. The summed E-state index contributed by atoms with van der Waals surface area (Å²) in [7, 11) is 3.19. The third-order valence-corrected chi connectivity index (χ3v) is 5.35. The third-order valence-electron chi connectivity index (χ3n) is 4.45. The summed E-state index contributed by atoms with van der Waals surface area (Å²) < 4.78 is 15.6. The molecule has 1 heterocycles. The first-order valence-electron chi connectivity index (χ1n) is 9.61. The van der Waals surface area contributed by atoms with Crippen LogP contribution in [0.25, 0.3) is 17.2 Å². The minimum absolute atomic E-state index is 0.238. The zero-order valence-corrected chi connectivity index (χ0v) is 18.3. The van der Waals surface area contributed by atoms with Crippen LogP contribution in [0.5, 0.6) is 11.5 Å². The number of rotatable bonds is 8. The van der Waals surface area contributed by atoms with E-state index in [2.05, 4.69) is 5.32 Å². The molecule has 0 radical (unpaired) electrons. The predicted octanol–water partition coefficient (Wildman–Crippen LogP) is 5.26. The molecule has 0 spiro atoms. The molecule has 0 bridgehead atoms. The number of nitrogens with one attached hydrogen (secondary N) is 1. The highest BCUT2D eigenvalue weighted by atomic mass is 32.1. The van der Waals surface area contributed by atoms with Crippen molar-refractivity contribution in [3.8, 4) is 22.6 Å². The summed E-state index contributed by atoms with van der Waals surface area (Å²) in [5, 5.41) is 5.07. The minimum atomic E-state index is -0.482. The number of hydrogen-bond donors (Lipinski definition) is 1. The lowest BCUT2D eigenvalue weighted by atomic mass is 10.0. The maximum Gasteiger partial charge on any atom is 0.341 e. The molecule has 1 N–H and O–H groups in total. The SMILES string of the molecule is CCOC(=O)c1c(-c2ccc(OC)cc2)csc1NC(=O)C=Cc1ccc(OC)cc1. The van der Waals surface area contributed by atoms with Crippen LogP contribution < -0.4 is 14.8 Å². The van der Waals surface area contributed by atoms with Gasteiger partial charge in [-0.05, 0) is 48.4 Å². The molecule has 3 rings (SSSR count). The first kappa shape index (κ1) is 22.1. The first-order valence-corrected chi connectivity index (χ1v) is 10.5. The van der Waals surface area contributed by atoms with Crippen molar-refractivity contribution in [2.24, 2.45) is 0 Å². The average Bonchev–Trinajstić information content (AvgIpc) is 3.21. The van der Waals surface area contributed by atoms with Gasteiger partial charge in [-0.3, -0.25) is 4.79 Å². The molecule has 7 heteroatoms. The summed E-state index contributed by atoms with van der Waals surface area (Å²) in [4.78, 5) is 25.1. The smallest absolute Gasteiger partial charge is 0.341 e. The van der Waals surface area contributed by atoms with Gasteiger partial charge >= 0.3 is 5.97 Å². The number of benzene rings is 2. The Morgan fingerprint density at radius 3 is 2.16 bits per heavy atom. The second kappa shape index (κ2) is 10.4. The van der Waals surface area contributed by atoms with Crippen LogP contribution in [-0.4, -0.2) is 32.7 Å². The van der Waals surface area contributed by atoms with Gasteiger partial charge in [-0.1, -0.05) is 24.3 Å². The summed E-state index contributed by atoms with van der Waals surface area (Å²) in [6.45, 7) is 1.98. The van der Waals surface area contributed by atoms with Crippen molar-refractivity contribution in [1.82, 2.24) is 0 Å². The summed E-state index contributed by atoms with van der Waals surface area (Å²) in [5.41, 5.74) is 2.71. The number of thiophene rings is 1. The van der Waals surface area contributed by atoms with E-state index in [4.69, 9.17) is 14.2 Å². The van der Waals surface area contributed by atoms with Crippen molar-refractivity contribution in [2.45, 2.75) is 6.92 Å². The molecule has 3 aromatic rings. The molecule has 2 aromatic carbocycles. The molecule has 1 aromatic heterocycles. The standard InChI is InChI=1S/C24H23NO5S/c1-4-30-24(27)22-20(17-8-12-19(29-3)13-9-17)15-31-23(22)25-21(26)14-7-16-5-10-18(28-2)11-6-16/h5-15H,4H2,1-3H3,(H,25,26). The lowest BCUT2D eigenvalue weighted by molar-refractivity contribution is -0.111.